The Bertz CT molecular complexity index is 131. The number of alkyl halides is 1. The lowest BCUT2D eigenvalue weighted by atomic mass is 10.3. The Kier molecular flexibility index (Phi) is 6.34. The van der Waals surface area contributed by atoms with Gasteiger partial charge in [0, 0.05) is 0 Å². The molecule has 0 aromatic carbocycles. The molecule has 0 bridgehead atoms. The third-order valence-corrected chi connectivity index (χ3v) is 3.59. The Morgan fingerprint density at radius 2 is 2.27 bits per heavy atom. The van der Waals surface area contributed by atoms with Crippen LogP contribution in [-0.2, 0) is 9.09 Å². The van der Waals surface area contributed by atoms with E-state index in [2.05, 4.69) is 15.9 Å². The van der Waals surface area contributed by atoms with Crippen LogP contribution in [0.25, 0.3) is 0 Å². The highest BCUT2D eigenvalue weighted by atomic mass is 79.9. The van der Waals surface area contributed by atoms with Gasteiger partial charge in [0.05, 0.1) is 5.33 Å². The van der Waals surface area contributed by atoms with E-state index in [0.29, 0.717) is 5.33 Å². The average Bonchev–Trinajstić information content (AvgIpc) is 2.02. The van der Waals surface area contributed by atoms with Gasteiger partial charge in [0.15, 0.2) is 0 Å². The number of aliphatic hydroxyl groups excluding tert-OH is 1. The predicted molar refractivity (Wildman–Crippen MR) is 48.2 cm³/mol. The highest BCUT2D eigenvalue weighted by molar-refractivity contribution is 9.09. The van der Waals surface area contributed by atoms with Gasteiger partial charge in [0.2, 0.25) is 0 Å². The maximum absolute atomic E-state index is 11.0. The molecule has 0 aliphatic heterocycles. The SMILES string of the molecule is CCC(C)O[P+](=O)C(O)CBr. The van der Waals surface area contributed by atoms with Gasteiger partial charge in [-0.05, 0) is 17.9 Å². The number of halogens is 1. The fraction of sp³-hybridized carbons (Fsp3) is 1.00. The van der Waals surface area contributed by atoms with Crippen LogP contribution in [0.4, 0.5) is 0 Å². The molecule has 0 aliphatic carbocycles. The number of hydrogen-bond acceptors (Lipinski definition) is 3. The van der Waals surface area contributed by atoms with Gasteiger partial charge in [0.25, 0.3) is 5.85 Å². The van der Waals surface area contributed by atoms with Crippen molar-refractivity contribution in [2.24, 2.45) is 0 Å². The highest BCUT2D eigenvalue weighted by Gasteiger charge is 2.30. The summed E-state index contributed by atoms with van der Waals surface area (Å²) in [5.41, 5.74) is 0. The summed E-state index contributed by atoms with van der Waals surface area (Å²) in [6.45, 7) is 3.77. The maximum atomic E-state index is 11.0. The summed E-state index contributed by atoms with van der Waals surface area (Å²) in [5, 5.41) is 9.31. The van der Waals surface area contributed by atoms with Gasteiger partial charge < -0.3 is 5.11 Å². The second-order valence-corrected chi connectivity index (χ2v) is 4.27. The number of rotatable bonds is 5. The molecule has 0 rings (SSSR count). The van der Waals surface area contributed by atoms with E-state index in [1.54, 1.807) is 0 Å². The maximum Gasteiger partial charge on any atom is 0.541 e. The fourth-order valence-electron chi connectivity index (χ4n) is 0.378. The Morgan fingerprint density at radius 3 is 2.64 bits per heavy atom. The van der Waals surface area contributed by atoms with Gasteiger partial charge in [-0.3, -0.25) is 0 Å². The smallest absolute Gasteiger partial charge is 0.348 e. The zero-order chi connectivity index (χ0) is 8.85. The van der Waals surface area contributed by atoms with Crippen LogP contribution in [0.3, 0.4) is 0 Å². The summed E-state index contributed by atoms with van der Waals surface area (Å²) in [6.07, 6.45) is 0.753. The highest BCUT2D eigenvalue weighted by Crippen LogP contribution is 2.31. The molecule has 11 heavy (non-hydrogen) atoms. The molecule has 5 heteroatoms. The molecule has 0 saturated carbocycles. The summed E-state index contributed by atoms with van der Waals surface area (Å²) in [5.74, 6) is -0.890. The standard InChI is InChI=1S/C6H13BrO3P/c1-3-5(2)10-11(9)6(8)4-7/h5-6,8H,3-4H2,1-2H3/q+1. The lowest BCUT2D eigenvalue weighted by Gasteiger charge is -2.00. The van der Waals surface area contributed by atoms with Gasteiger partial charge >= 0.3 is 8.03 Å². The molecule has 0 aromatic rings. The molecular weight excluding hydrogens is 231 g/mol. The third kappa shape index (κ3) is 4.86. The van der Waals surface area contributed by atoms with Gasteiger partial charge in [-0.15, -0.1) is 4.52 Å². The topological polar surface area (TPSA) is 46.5 Å². The van der Waals surface area contributed by atoms with Crippen molar-refractivity contribution in [1.82, 2.24) is 0 Å². The lowest BCUT2D eigenvalue weighted by molar-refractivity contribution is 0.193. The Hall–Kier alpha value is 0.500. The van der Waals surface area contributed by atoms with Crippen LogP contribution in [0, 0.1) is 0 Å². The van der Waals surface area contributed by atoms with Crippen molar-refractivity contribution >= 4 is 24.0 Å². The first-order valence-corrected chi connectivity index (χ1v) is 5.85. The summed E-state index contributed by atoms with van der Waals surface area (Å²) >= 11 is 3.01. The van der Waals surface area contributed by atoms with Crippen molar-refractivity contribution < 1.29 is 14.2 Å². The van der Waals surface area contributed by atoms with Crippen LogP contribution in [0.15, 0.2) is 0 Å². The van der Waals surface area contributed by atoms with Crippen molar-refractivity contribution in [2.45, 2.75) is 32.2 Å². The number of hydrogen-bond donors (Lipinski definition) is 1. The summed E-state index contributed by atoms with van der Waals surface area (Å²) in [6, 6.07) is 0. The molecule has 0 amide bonds. The van der Waals surface area contributed by atoms with E-state index in [0.717, 1.165) is 6.42 Å². The van der Waals surface area contributed by atoms with Crippen molar-refractivity contribution in [3.8, 4) is 0 Å². The zero-order valence-corrected chi connectivity index (χ0v) is 9.14. The van der Waals surface area contributed by atoms with Crippen LogP contribution in [-0.4, -0.2) is 22.4 Å². The van der Waals surface area contributed by atoms with E-state index in [1.807, 2.05) is 13.8 Å². The summed E-state index contributed by atoms with van der Waals surface area (Å²) < 4.78 is 16.0. The third-order valence-electron chi connectivity index (χ3n) is 1.24. The predicted octanol–water partition coefficient (Wildman–Crippen LogP) is 2.26. The van der Waals surface area contributed by atoms with Gasteiger partial charge in [-0.25, -0.2) is 0 Å². The van der Waals surface area contributed by atoms with Crippen molar-refractivity contribution in [2.75, 3.05) is 5.33 Å². The first-order chi connectivity index (χ1) is 5.11. The van der Waals surface area contributed by atoms with E-state index in [9.17, 15) is 4.57 Å². The van der Waals surface area contributed by atoms with Crippen LogP contribution in [0.1, 0.15) is 20.3 Å². The molecule has 1 N–H and O–H groups in total. The number of aliphatic hydroxyl groups is 1. The van der Waals surface area contributed by atoms with Crippen LogP contribution in [0.2, 0.25) is 0 Å². The van der Waals surface area contributed by atoms with Crippen molar-refractivity contribution in [1.29, 1.82) is 0 Å². The summed E-state index contributed by atoms with van der Waals surface area (Å²) in [7, 11) is -1.93. The van der Waals surface area contributed by atoms with Crippen LogP contribution in [0.5, 0.6) is 0 Å². The molecule has 3 nitrogen and oxygen atoms in total. The van der Waals surface area contributed by atoms with E-state index >= 15 is 0 Å². The van der Waals surface area contributed by atoms with Crippen molar-refractivity contribution in [3.63, 3.8) is 0 Å². The van der Waals surface area contributed by atoms with E-state index < -0.39 is 13.9 Å². The molecule has 0 spiro atoms. The fourth-order valence-corrected chi connectivity index (χ4v) is 1.84. The minimum atomic E-state index is -1.93. The van der Waals surface area contributed by atoms with Gasteiger partial charge in [0.1, 0.15) is 6.10 Å². The quantitative estimate of drug-likeness (QED) is 0.596. The van der Waals surface area contributed by atoms with Crippen molar-refractivity contribution in [3.05, 3.63) is 0 Å². The molecule has 0 aliphatic rings. The van der Waals surface area contributed by atoms with E-state index in [1.165, 1.54) is 0 Å². The molecule has 3 unspecified atom stereocenters. The van der Waals surface area contributed by atoms with Gasteiger partial charge in [-0.1, -0.05) is 22.9 Å². The normalized spacial score (nSPS) is 17.6. The molecule has 0 fully saturated rings. The van der Waals surface area contributed by atoms with E-state index in [4.69, 9.17) is 9.63 Å². The minimum absolute atomic E-state index is 0.0488. The van der Waals surface area contributed by atoms with E-state index in [-0.39, 0.29) is 6.10 Å². The van der Waals surface area contributed by atoms with Gasteiger partial charge in [-0.2, -0.15) is 0 Å². The molecule has 66 valence electrons. The zero-order valence-electron chi connectivity index (χ0n) is 6.66. The monoisotopic (exact) mass is 243 g/mol. The lowest BCUT2D eigenvalue weighted by Crippen LogP contribution is -2.08. The first kappa shape index (κ1) is 11.5. The van der Waals surface area contributed by atoms with Crippen LogP contribution >= 0.6 is 24.0 Å². The Balaban J connectivity index is 3.68. The second kappa shape index (κ2) is 6.06. The average molecular weight is 244 g/mol. The van der Waals surface area contributed by atoms with Crippen LogP contribution < -0.4 is 0 Å². The molecule has 0 radical (unpaired) electrons. The molecule has 3 atom stereocenters. The largest absolute Gasteiger partial charge is 0.541 e. The Labute approximate surface area is 76.1 Å². The molecule has 0 heterocycles. The second-order valence-electron chi connectivity index (χ2n) is 2.24. The summed E-state index contributed by atoms with van der Waals surface area (Å²) in [4.78, 5) is 0. The molecular formula is C6H13BrO3P+. The molecule has 0 aromatic heterocycles. The Morgan fingerprint density at radius 1 is 1.73 bits per heavy atom. The minimum Gasteiger partial charge on any atom is -0.348 e. The molecule has 0 saturated heterocycles. The first-order valence-electron chi connectivity index (χ1n) is 3.49.